The molecule has 0 bridgehead atoms. The van der Waals surface area contributed by atoms with E-state index >= 15 is 0 Å². The van der Waals surface area contributed by atoms with Crippen molar-refractivity contribution in [3.8, 4) is 0 Å². The van der Waals surface area contributed by atoms with Crippen LogP contribution >= 0.6 is 34.5 Å². The van der Waals surface area contributed by atoms with Crippen molar-refractivity contribution in [2.75, 3.05) is 0 Å². The molecule has 0 aromatic carbocycles. The van der Waals surface area contributed by atoms with Crippen LogP contribution in [0.3, 0.4) is 0 Å². The molecule has 2 heterocycles. The molecule has 0 amide bonds. The van der Waals surface area contributed by atoms with Crippen LogP contribution in [-0.4, -0.2) is 9.38 Å². The van der Waals surface area contributed by atoms with E-state index in [2.05, 4.69) is 4.98 Å². The lowest BCUT2D eigenvalue weighted by atomic mass is 10.4. The molecule has 0 aliphatic rings. The Hall–Kier alpha value is -0.580. The summed E-state index contributed by atoms with van der Waals surface area (Å²) >= 11 is 12.6. The molecule has 13 heavy (non-hydrogen) atoms. The van der Waals surface area contributed by atoms with Crippen molar-refractivity contribution >= 4 is 39.5 Å². The van der Waals surface area contributed by atoms with Crippen molar-refractivity contribution in [1.82, 2.24) is 9.38 Å². The third kappa shape index (κ3) is 1.57. The summed E-state index contributed by atoms with van der Waals surface area (Å²) in [6.07, 6.45) is 1.55. The molecule has 0 aliphatic carbocycles. The standard InChI is InChI=1S/C7H4Cl2N2OS/c8-2-4-1-6(12)11-3-5(9)13-7(11)10-4/h1,3H,2H2. The number of thiazole rings is 1. The topological polar surface area (TPSA) is 34.4 Å². The van der Waals surface area contributed by atoms with E-state index in [0.29, 0.717) is 15.0 Å². The number of alkyl halides is 1. The first-order valence-electron chi connectivity index (χ1n) is 3.44. The first-order valence-corrected chi connectivity index (χ1v) is 5.17. The van der Waals surface area contributed by atoms with Gasteiger partial charge in [0.2, 0.25) is 0 Å². The molecule has 0 spiro atoms. The minimum atomic E-state index is -0.149. The second-order valence-corrected chi connectivity index (χ2v) is 4.31. The molecule has 0 fully saturated rings. The van der Waals surface area contributed by atoms with Crippen molar-refractivity contribution < 1.29 is 0 Å². The largest absolute Gasteiger partial charge is 0.269 e. The van der Waals surface area contributed by atoms with Gasteiger partial charge in [-0.3, -0.25) is 9.20 Å². The SMILES string of the molecule is O=c1cc(CCl)nc2sc(Cl)cn12. The van der Waals surface area contributed by atoms with Crippen molar-refractivity contribution in [2.24, 2.45) is 0 Å². The van der Waals surface area contributed by atoms with E-state index in [1.807, 2.05) is 0 Å². The monoisotopic (exact) mass is 234 g/mol. The van der Waals surface area contributed by atoms with Crippen LogP contribution in [0.25, 0.3) is 4.96 Å². The van der Waals surface area contributed by atoms with E-state index in [-0.39, 0.29) is 11.4 Å². The van der Waals surface area contributed by atoms with Gasteiger partial charge in [-0.25, -0.2) is 4.98 Å². The summed E-state index contributed by atoms with van der Waals surface area (Å²) < 4.78 is 1.94. The summed E-state index contributed by atoms with van der Waals surface area (Å²) in [5.41, 5.74) is 0.425. The average Bonchev–Trinajstić information content (AvgIpc) is 2.46. The molecule has 2 rings (SSSR count). The third-order valence-electron chi connectivity index (χ3n) is 1.53. The van der Waals surface area contributed by atoms with Crippen LogP contribution in [0.2, 0.25) is 4.34 Å². The maximum atomic E-state index is 11.4. The number of rotatable bonds is 1. The normalized spacial score (nSPS) is 10.9. The van der Waals surface area contributed by atoms with Crippen LogP contribution in [0.15, 0.2) is 17.1 Å². The molecule has 68 valence electrons. The van der Waals surface area contributed by atoms with Gasteiger partial charge in [-0.1, -0.05) is 22.9 Å². The first kappa shape index (κ1) is 8.99. The second kappa shape index (κ2) is 3.29. The molecule has 0 atom stereocenters. The molecule has 0 N–H and O–H groups in total. The van der Waals surface area contributed by atoms with E-state index in [1.165, 1.54) is 21.8 Å². The fourth-order valence-electron chi connectivity index (χ4n) is 0.990. The third-order valence-corrected chi connectivity index (χ3v) is 2.90. The van der Waals surface area contributed by atoms with E-state index in [4.69, 9.17) is 23.2 Å². The highest BCUT2D eigenvalue weighted by Crippen LogP contribution is 2.19. The highest BCUT2D eigenvalue weighted by atomic mass is 35.5. The molecule has 0 aliphatic heterocycles. The number of halogens is 2. The molecule has 6 heteroatoms. The molecule has 0 saturated carbocycles. The Kier molecular flexibility index (Phi) is 2.27. The van der Waals surface area contributed by atoms with Gasteiger partial charge < -0.3 is 0 Å². The molecule has 0 unspecified atom stereocenters. The predicted octanol–water partition coefficient (Wildman–Crippen LogP) is 2.15. The second-order valence-electron chi connectivity index (χ2n) is 2.41. The molecule has 3 nitrogen and oxygen atoms in total. The maximum absolute atomic E-state index is 11.4. The fourth-order valence-corrected chi connectivity index (χ4v) is 2.17. The van der Waals surface area contributed by atoms with E-state index in [9.17, 15) is 4.79 Å². The van der Waals surface area contributed by atoms with Gasteiger partial charge in [-0.05, 0) is 0 Å². The van der Waals surface area contributed by atoms with Crippen LogP contribution < -0.4 is 5.56 Å². The first-order chi connectivity index (χ1) is 6.20. The van der Waals surface area contributed by atoms with Gasteiger partial charge in [0, 0.05) is 12.3 Å². The van der Waals surface area contributed by atoms with Crippen molar-refractivity contribution in [3.63, 3.8) is 0 Å². The van der Waals surface area contributed by atoms with Crippen LogP contribution in [0, 0.1) is 0 Å². The lowest BCUT2D eigenvalue weighted by Gasteiger charge is -1.93. The van der Waals surface area contributed by atoms with Crippen LogP contribution in [-0.2, 0) is 5.88 Å². The Morgan fingerprint density at radius 2 is 2.38 bits per heavy atom. The Morgan fingerprint density at radius 1 is 1.62 bits per heavy atom. The number of nitrogens with zero attached hydrogens (tertiary/aromatic N) is 2. The lowest BCUT2D eigenvalue weighted by molar-refractivity contribution is 1.04. The summed E-state index contributed by atoms with van der Waals surface area (Å²) in [5.74, 6) is 0.237. The average molecular weight is 235 g/mol. The Morgan fingerprint density at radius 3 is 3.08 bits per heavy atom. The van der Waals surface area contributed by atoms with Gasteiger partial charge in [0.25, 0.3) is 5.56 Å². The number of aromatic nitrogens is 2. The Balaban J connectivity index is 2.83. The summed E-state index contributed by atoms with van der Waals surface area (Å²) in [5, 5.41) is 0. The molecule has 2 aromatic heterocycles. The zero-order chi connectivity index (χ0) is 9.42. The van der Waals surface area contributed by atoms with Crippen molar-refractivity contribution in [1.29, 1.82) is 0 Å². The van der Waals surface area contributed by atoms with Crippen LogP contribution in [0.1, 0.15) is 5.69 Å². The minimum Gasteiger partial charge on any atom is -0.269 e. The molecular weight excluding hydrogens is 231 g/mol. The molecular formula is C7H4Cl2N2OS. The van der Waals surface area contributed by atoms with Crippen LogP contribution in [0.5, 0.6) is 0 Å². The zero-order valence-electron chi connectivity index (χ0n) is 6.33. The maximum Gasteiger partial charge on any atom is 0.258 e. The van der Waals surface area contributed by atoms with Gasteiger partial charge in [0.05, 0.1) is 11.6 Å². The number of hydrogen-bond donors (Lipinski definition) is 0. The van der Waals surface area contributed by atoms with Gasteiger partial charge in [0.15, 0.2) is 4.96 Å². The van der Waals surface area contributed by atoms with E-state index < -0.39 is 0 Å². The van der Waals surface area contributed by atoms with Crippen LogP contribution in [0.4, 0.5) is 0 Å². The lowest BCUT2D eigenvalue weighted by Crippen LogP contribution is -2.12. The van der Waals surface area contributed by atoms with Crippen molar-refractivity contribution in [2.45, 2.75) is 5.88 Å². The number of hydrogen-bond acceptors (Lipinski definition) is 3. The highest BCUT2D eigenvalue weighted by molar-refractivity contribution is 7.20. The summed E-state index contributed by atoms with van der Waals surface area (Å²) in [4.78, 5) is 16.1. The van der Waals surface area contributed by atoms with Gasteiger partial charge in [0.1, 0.15) is 4.34 Å². The smallest absolute Gasteiger partial charge is 0.258 e. The van der Waals surface area contributed by atoms with Gasteiger partial charge in [-0.2, -0.15) is 0 Å². The minimum absolute atomic E-state index is 0.149. The Labute approximate surface area is 87.6 Å². The number of fused-ring (bicyclic) bond motifs is 1. The summed E-state index contributed by atoms with van der Waals surface area (Å²) in [6.45, 7) is 0. The van der Waals surface area contributed by atoms with E-state index in [0.717, 1.165) is 0 Å². The molecule has 2 aromatic rings. The molecule has 0 saturated heterocycles. The highest BCUT2D eigenvalue weighted by Gasteiger charge is 2.04. The fraction of sp³-hybridized carbons (Fsp3) is 0.143. The predicted molar refractivity (Wildman–Crippen MR) is 53.9 cm³/mol. The van der Waals surface area contributed by atoms with E-state index in [1.54, 1.807) is 6.20 Å². The summed E-state index contributed by atoms with van der Waals surface area (Å²) in [6, 6.07) is 1.41. The molecule has 0 radical (unpaired) electrons. The van der Waals surface area contributed by atoms with Gasteiger partial charge >= 0.3 is 0 Å². The zero-order valence-corrected chi connectivity index (χ0v) is 8.66. The quantitative estimate of drug-likeness (QED) is 0.709. The summed E-state index contributed by atoms with van der Waals surface area (Å²) in [7, 11) is 0. The van der Waals surface area contributed by atoms with Crippen molar-refractivity contribution in [3.05, 3.63) is 32.6 Å². The Bertz CT molecular complexity index is 505. The van der Waals surface area contributed by atoms with Gasteiger partial charge in [-0.15, -0.1) is 11.6 Å².